The minimum absolute atomic E-state index is 0.727. The van der Waals surface area contributed by atoms with Gasteiger partial charge in [0.05, 0.1) is 6.26 Å². The van der Waals surface area contributed by atoms with Gasteiger partial charge in [0.2, 0.25) is 0 Å². The molecular formula is C6H3N2O. The van der Waals surface area contributed by atoms with Crippen LogP contribution in [0.4, 0.5) is 0 Å². The molecule has 0 unspecified atom stereocenters. The maximum atomic E-state index is 4.98. The van der Waals surface area contributed by atoms with Crippen molar-refractivity contribution in [1.29, 1.82) is 0 Å². The number of furan rings is 1. The molecule has 0 aliphatic heterocycles. The number of fused-ring (bicyclic) bond motifs is 1. The van der Waals surface area contributed by atoms with E-state index in [0.29, 0.717) is 0 Å². The highest BCUT2D eigenvalue weighted by Crippen LogP contribution is 2.08. The monoisotopic (exact) mass is 119 g/mol. The lowest BCUT2D eigenvalue weighted by Crippen LogP contribution is -1.75. The van der Waals surface area contributed by atoms with Crippen molar-refractivity contribution < 1.29 is 4.42 Å². The maximum Gasteiger partial charge on any atom is 0.156 e. The van der Waals surface area contributed by atoms with Gasteiger partial charge >= 0.3 is 0 Å². The molecule has 3 heteroatoms. The van der Waals surface area contributed by atoms with E-state index in [-0.39, 0.29) is 0 Å². The van der Waals surface area contributed by atoms with Crippen molar-refractivity contribution in [2.45, 2.75) is 0 Å². The third-order valence-electron chi connectivity index (χ3n) is 1.08. The van der Waals surface area contributed by atoms with Crippen molar-refractivity contribution in [3.63, 3.8) is 0 Å². The summed E-state index contributed by atoms with van der Waals surface area (Å²) in [6.45, 7) is 0. The first-order valence-electron chi connectivity index (χ1n) is 2.54. The summed E-state index contributed by atoms with van der Waals surface area (Å²) in [5.41, 5.74) is 1.50. The van der Waals surface area contributed by atoms with Gasteiger partial charge < -0.3 is 4.42 Å². The lowest BCUT2D eigenvalue weighted by atomic mass is 10.4. The third-order valence-corrected chi connectivity index (χ3v) is 1.08. The Labute approximate surface area is 51.3 Å². The fourth-order valence-electron chi connectivity index (χ4n) is 0.675. The van der Waals surface area contributed by atoms with E-state index in [1.807, 2.05) is 0 Å². The van der Waals surface area contributed by atoms with Crippen LogP contribution >= 0.6 is 0 Å². The minimum Gasteiger partial charge on any atom is -0.462 e. The van der Waals surface area contributed by atoms with E-state index < -0.39 is 0 Å². The van der Waals surface area contributed by atoms with E-state index in [9.17, 15) is 0 Å². The van der Waals surface area contributed by atoms with Crippen LogP contribution in [0, 0.1) is 6.20 Å². The molecule has 0 spiro atoms. The van der Waals surface area contributed by atoms with Gasteiger partial charge in [0.25, 0.3) is 0 Å². The first kappa shape index (κ1) is 4.49. The van der Waals surface area contributed by atoms with Crippen molar-refractivity contribution in [2.24, 2.45) is 0 Å². The molecule has 0 saturated carbocycles. The van der Waals surface area contributed by atoms with E-state index in [1.54, 1.807) is 18.4 Å². The summed E-state index contributed by atoms with van der Waals surface area (Å²) in [5, 5.41) is 7.29. The number of hydrogen-bond donors (Lipinski definition) is 0. The van der Waals surface area contributed by atoms with Crippen LogP contribution in [0.3, 0.4) is 0 Å². The molecule has 0 aliphatic carbocycles. The summed E-state index contributed by atoms with van der Waals surface area (Å²) in [5.74, 6) is 0. The molecule has 2 heterocycles. The molecule has 0 saturated heterocycles. The molecule has 2 aromatic rings. The zero-order valence-corrected chi connectivity index (χ0v) is 4.53. The van der Waals surface area contributed by atoms with Crippen LogP contribution in [0.1, 0.15) is 0 Å². The van der Waals surface area contributed by atoms with Gasteiger partial charge in [0, 0.05) is 12.1 Å². The predicted molar refractivity (Wildman–Crippen MR) is 30.6 cm³/mol. The molecule has 0 aliphatic rings. The molecular weight excluding hydrogens is 116 g/mol. The van der Waals surface area contributed by atoms with Gasteiger partial charge in [-0.05, 0) is 0 Å². The second-order valence-electron chi connectivity index (χ2n) is 1.64. The third kappa shape index (κ3) is 0.579. The summed E-state index contributed by atoms with van der Waals surface area (Å²) in [6, 6.07) is 3.42. The quantitative estimate of drug-likeness (QED) is 0.519. The zero-order valence-electron chi connectivity index (χ0n) is 4.53. The fraction of sp³-hybridized carbons (Fsp3) is 0. The van der Waals surface area contributed by atoms with Crippen LogP contribution in [0.2, 0.25) is 0 Å². The van der Waals surface area contributed by atoms with E-state index in [2.05, 4.69) is 16.4 Å². The highest BCUT2D eigenvalue weighted by Gasteiger charge is 1.93. The molecule has 0 atom stereocenters. The Balaban J connectivity index is 2.95. The van der Waals surface area contributed by atoms with Crippen LogP contribution in [0.25, 0.3) is 11.1 Å². The molecule has 0 bridgehead atoms. The van der Waals surface area contributed by atoms with Crippen LogP contribution in [0.15, 0.2) is 22.8 Å². The Morgan fingerprint density at radius 3 is 3.44 bits per heavy atom. The molecule has 1 radical (unpaired) electrons. The summed E-state index contributed by atoms with van der Waals surface area (Å²) < 4.78 is 4.98. The van der Waals surface area contributed by atoms with E-state index in [0.717, 1.165) is 11.1 Å². The van der Waals surface area contributed by atoms with Crippen molar-refractivity contribution in [1.82, 2.24) is 10.2 Å². The molecule has 9 heavy (non-hydrogen) atoms. The molecule has 2 aromatic heterocycles. The Hall–Kier alpha value is -1.38. The lowest BCUT2D eigenvalue weighted by Gasteiger charge is -1.78. The maximum absolute atomic E-state index is 4.98. The summed E-state index contributed by atoms with van der Waals surface area (Å²) in [4.78, 5) is 0. The van der Waals surface area contributed by atoms with Crippen LogP contribution in [-0.2, 0) is 0 Å². The number of rotatable bonds is 0. The number of nitrogens with zero attached hydrogens (tertiary/aromatic N) is 2. The van der Waals surface area contributed by atoms with E-state index in [1.165, 1.54) is 0 Å². The standard InChI is InChI=1S/C6H3N2O/c1-3-7-8-5-2-4-9-6(1)5/h1-2,4H. The smallest absolute Gasteiger partial charge is 0.156 e. The normalized spacial score (nSPS) is 10.2. The minimum atomic E-state index is 0.727. The van der Waals surface area contributed by atoms with E-state index in [4.69, 9.17) is 4.42 Å². The van der Waals surface area contributed by atoms with Gasteiger partial charge in [-0.2, -0.15) is 0 Å². The van der Waals surface area contributed by atoms with Gasteiger partial charge in [0.15, 0.2) is 5.58 Å². The first-order chi connectivity index (χ1) is 4.47. The van der Waals surface area contributed by atoms with Gasteiger partial charge in [0.1, 0.15) is 11.7 Å². The van der Waals surface area contributed by atoms with Crippen molar-refractivity contribution in [2.75, 3.05) is 0 Å². The SMILES string of the molecule is [c]1cc2occc2nn1. The van der Waals surface area contributed by atoms with Gasteiger partial charge in [-0.15, -0.1) is 10.2 Å². The molecule has 0 amide bonds. The summed E-state index contributed by atoms with van der Waals surface area (Å²) in [6.07, 6.45) is 4.14. The van der Waals surface area contributed by atoms with Crippen LogP contribution in [-0.4, -0.2) is 10.2 Å². The van der Waals surface area contributed by atoms with Crippen molar-refractivity contribution >= 4 is 11.1 Å². The highest BCUT2D eigenvalue weighted by atomic mass is 16.3. The second kappa shape index (κ2) is 1.55. The van der Waals surface area contributed by atoms with Crippen molar-refractivity contribution in [3.05, 3.63) is 24.6 Å². The first-order valence-corrected chi connectivity index (χ1v) is 2.54. The second-order valence-corrected chi connectivity index (χ2v) is 1.64. The van der Waals surface area contributed by atoms with Gasteiger partial charge in [-0.3, -0.25) is 0 Å². The Kier molecular flexibility index (Phi) is 0.773. The van der Waals surface area contributed by atoms with Gasteiger partial charge in [-0.25, -0.2) is 0 Å². The Morgan fingerprint density at radius 2 is 2.56 bits per heavy atom. The molecule has 2 rings (SSSR count). The molecule has 3 nitrogen and oxygen atoms in total. The van der Waals surface area contributed by atoms with Crippen molar-refractivity contribution in [3.8, 4) is 0 Å². The molecule has 43 valence electrons. The molecule has 0 N–H and O–H groups in total. The van der Waals surface area contributed by atoms with E-state index >= 15 is 0 Å². The summed E-state index contributed by atoms with van der Waals surface area (Å²) >= 11 is 0. The fourth-order valence-corrected chi connectivity index (χ4v) is 0.675. The Morgan fingerprint density at radius 1 is 1.56 bits per heavy atom. The topological polar surface area (TPSA) is 38.9 Å². The number of aromatic nitrogens is 2. The average Bonchev–Trinajstić information content (AvgIpc) is 2.33. The predicted octanol–water partition coefficient (Wildman–Crippen LogP) is 1.02. The summed E-state index contributed by atoms with van der Waals surface area (Å²) in [7, 11) is 0. The molecule has 0 aromatic carbocycles. The molecule has 0 fully saturated rings. The number of hydrogen-bond acceptors (Lipinski definition) is 3. The highest BCUT2D eigenvalue weighted by molar-refractivity contribution is 5.70. The lowest BCUT2D eigenvalue weighted by molar-refractivity contribution is 0.614. The average molecular weight is 119 g/mol. The largest absolute Gasteiger partial charge is 0.462 e. The van der Waals surface area contributed by atoms with Gasteiger partial charge in [-0.1, -0.05) is 0 Å². The van der Waals surface area contributed by atoms with Crippen LogP contribution < -0.4 is 0 Å². The van der Waals surface area contributed by atoms with Crippen LogP contribution in [0.5, 0.6) is 0 Å². The Bertz CT molecular complexity index is 285. The zero-order chi connectivity index (χ0) is 6.10.